The van der Waals surface area contributed by atoms with E-state index in [1.807, 2.05) is 0 Å². The van der Waals surface area contributed by atoms with Crippen molar-refractivity contribution in [2.45, 2.75) is 17.5 Å². The molecule has 0 radical (unpaired) electrons. The van der Waals surface area contributed by atoms with E-state index in [0.29, 0.717) is 28.2 Å². The Morgan fingerprint density at radius 3 is 2.67 bits per heavy atom. The summed E-state index contributed by atoms with van der Waals surface area (Å²) in [7, 11) is 1.41. The highest BCUT2D eigenvalue weighted by Crippen LogP contribution is 2.30. The fourth-order valence-corrected chi connectivity index (χ4v) is 3.41. The molecule has 2 aromatic heterocycles. The SMILES string of the molecule is Br.COc1ccnc(CS(=O)c2nc3ccc(OC(F)F)cc3[nH]2)c1OC. The first-order valence-electron chi connectivity index (χ1n) is 7.40. The maximum absolute atomic E-state index is 12.6. The van der Waals surface area contributed by atoms with Crippen molar-refractivity contribution in [3.8, 4) is 17.2 Å². The van der Waals surface area contributed by atoms with Gasteiger partial charge in [-0.1, -0.05) is 0 Å². The number of ether oxygens (including phenoxy) is 3. The summed E-state index contributed by atoms with van der Waals surface area (Å²) >= 11 is 0. The van der Waals surface area contributed by atoms with Gasteiger partial charge in [0, 0.05) is 18.3 Å². The van der Waals surface area contributed by atoms with E-state index in [9.17, 15) is 13.0 Å². The van der Waals surface area contributed by atoms with Crippen LogP contribution < -0.4 is 14.2 Å². The highest BCUT2D eigenvalue weighted by Gasteiger charge is 2.17. The van der Waals surface area contributed by atoms with Crippen molar-refractivity contribution in [1.29, 1.82) is 0 Å². The lowest BCUT2D eigenvalue weighted by Gasteiger charge is -2.10. The first-order chi connectivity index (χ1) is 12.5. The summed E-state index contributed by atoms with van der Waals surface area (Å²) in [4.78, 5) is 11.3. The first kappa shape index (κ1) is 21.0. The van der Waals surface area contributed by atoms with Crippen LogP contribution in [0.2, 0.25) is 0 Å². The van der Waals surface area contributed by atoms with Crippen molar-refractivity contribution in [2.24, 2.45) is 0 Å². The van der Waals surface area contributed by atoms with Crippen molar-refractivity contribution in [3.63, 3.8) is 0 Å². The molecule has 27 heavy (non-hydrogen) atoms. The molecule has 0 spiro atoms. The molecule has 7 nitrogen and oxygen atoms in total. The van der Waals surface area contributed by atoms with Gasteiger partial charge in [0.2, 0.25) is 0 Å². The average Bonchev–Trinajstić information content (AvgIpc) is 3.04. The number of aromatic amines is 1. The second kappa shape index (κ2) is 9.09. The van der Waals surface area contributed by atoms with E-state index >= 15 is 0 Å². The van der Waals surface area contributed by atoms with Crippen LogP contribution in [0, 0.1) is 0 Å². The molecule has 3 rings (SSSR count). The lowest BCUT2D eigenvalue weighted by molar-refractivity contribution is -0.0497. The lowest BCUT2D eigenvalue weighted by Crippen LogP contribution is -2.04. The van der Waals surface area contributed by atoms with Gasteiger partial charge < -0.3 is 19.2 Å². The lowest BCUT2D eigenvalue weighted by atomic mass is 10.3. The monoisotopic (exact) mass is 463 g/mol. The smallest absolute Gasteiger partial charge is 0.387 e. The topological polar surface area (TPSA) is 86.3 Å². The van der Waals surface area contributed by atoms with Crippen LogP contribution in [0.3, 0.4) is 0 Å². The van der Waals surface area contributed by atoms with Crippen LogP contribution in [0.1, 0.15) is 5.69 Å². The van der Waals surface area contributed by atoms with Gasteiger partial charge in [-0.05, 0) is 12.1 Å². The Hall–Kier alpha value is -2.27. The maximum atomic E-state index is 12.6. The molecular weight excluding hydrogens is 448 g/mol. The standard InChI is InChI=1S/C16H15F2N3O4S.BrH/c1-23-13-5-6-19-12(14(13)24-2)8-26(22)16-20-10-4-3-9(25-15(17)18)7-11(10)21-16;/h3-7,15H,8H2,1-2H3,(H,20,21);1H. The molecule has 1 unspecified atom stereocenters. The third-order valence-electron chi connectivity index (χ3n) is 3.51. The largest absolute Gasteiger partial charge is 0.493 e. The van der Waals surface area contributed by atoms with Crippen molar-refractivity contribution < 1.29 is 27.2 Å². The van der Waals surface area contributed by atoms with Gasteiger partial charge in [-0.3, -0.25) is 9.19 Å². The minimum atomic E-state index is -2.92. The number of hydrogen-bond acceptors (Lipinski definition) is 6. The fourth-order valence-electron chi connectivity index (χ4n) is 2.40. The van der Waals surface area contributed by atoms with Crippen molar-refractivity contribution >= 4 is 38.8 Å². The van der Waals surface area contributed by atoms with Crippen LogP contribution >= 0.6 is 17.0 Å². The number of fused-ring (bicyclic) bond motifs is 1. The molecule has 0 saturated heterocycles. The molecule has 0 fully saturated rings. The number of pyridine rings is 1. The molecule has 0 aliphatic carbocycles. The molecule has 0 saturated carbocycles. The second-order valence-corrected chi connectivity index (χ2v) is 6.45. The molecule has 11 heteroatoms. The Balaban J connectivity index is 0.00000261. The van der Waals surface area contributed by atoms with Gasteiger partial charge in [-0.2, -0.15) is 8.78 Å². The first-order valence-corrected chi connectivity index (χ1v) is 8.72. The summed E-state index contributed by atoms with van der Waals surface area (Å²) in [6.45, 7) is -2.92. The number of aromatic nitrogens is 3. The van der Waals surface area contributed by atoms with E-state index in [1.54, 1.807) is 6.07 Å². The predicted molar refractivity (Wildman–Crippen MR) is 101 cm³/mol. The highest BCUT2D eigenvalue weighted by atomic mass is 79.9. The number of imidazole rings is 1. The summed E-state index contributed by atoms with van der Waals surface area (Å²) < 4.78 is 52.1. The summed E-state index contributed by atoms with van der Waals surface area (Å²) in [6, 6.07) is 5.89. The molecule has 1 atom stereocenters. The molecule has 1 N–H and O–H groups in total. The van der Waals surface area contributed by atoms with Gasteiger partial charge in [0.1, 0.15) is 5.75 Å². The number of methoxy groups -OCH3 is 2. The normalized spacial score (nSPS) is 11.9. The van der Waals surface area contributed by atoms with Crippen LogP contribution in [-0.2, 0) is 16.6 Å². The molecule has 2 heterocycles. The van der Waals surface area contributed by atoms with Crippen LogP contribution in [0.4, 0.5) is 8.78 Å². The third-order valence-corrected chi connectivity index (χ3v) is 4.67. The summed E-state index contributed by atoms with van der Waals surface area (Å²) in [5.74, 6) is 0.908. The van der Waals surface area contributed by atoms with E-state index < -0.39 is 17.4 Å². The molecule has 0 amide bonds. The number of benzene rings is 1. The number of nitrogens with one attached hydrogen (secondary N) is 1. The fraction of sp³-hybridized carbons (Fsp3) is 0.250. The van der Waals surface area contributed by atoms with Gasteiger partial charge in [0.25, 0.3) is 0 Å². The molecule has 3 aromatic rings. The zero-order valence-corrected chi connectivity index (χ0v) is 16.8. The van der Waals surface area contributed by atoms with E-state index in [0.717, 1.165) is 0 Å². The van der Waals surface area contributed by atoms with Gasteiger partial charge in [0.05, 0.1) is 47.5 Å². The Bertz CT molecular complexity index is 955. The van der Waals surface area contributed by atoms with Gasteiger partial charge in [-0.25, -0.2) is 4.98 Å². The molecule has 0 bridgehead atoms. The highest BCUT2D eigenvalue weighted by molar-refractivity contribution is 8.93. The van der Waals surface area contributed by atoms with Crippen LogP contribution in [-0.4, -0.2) is 40.0 Å². The number of H-pyrrole nitrogens is 1. The maximum Gasteiger partial charge on any atom is 0.387 e. The Morgan fingerprint density at radius 1 is 1.22 bits per heavy atom. The van der Waals surface area contributed by atoms with E-state index in [1.165, 1.54) is 38.6 Å². The number of nitrogens with zero attached hydrogens (tertiary/aromatic N) is 2. The molecule has 0 aliphatic heterocycles. The van der Waals surface area contributed by atoms with E-state index in [2.05, 4.69) is 19.7 Å². The summed E-state index contributed by atoms with van der Waals surface area (Å²) in [5, 5.41) is 0.195. The number of halogens is 3. The number of rotatable bonds is 7. The molecule has 1 aromatic carbocycles. The molecular formula is C16H16BrF2N3O4S. The van der Waals surface area contributed by atoms with Crippen molar-refractivity contribution in [3.05, 3.63) is 36.2 Å². The van der Waals surface area contributed by atoms with Crippen molar-refractivity contribution in [1.82, 2.24) is 15.0 Å². The summed E-state index contributed by atoms with van der Waals surface area (Å²) in [6.07, 6.45) is 1.53. The Kier molecular flexibility index (Phi) is 7.08. The zero-order chi connectivity index (χ0) is 18.7. The van der Waals surface area contributed by atoms with Crippen LogP contribution in [0.25, 0.3) is 11.0 Å². The zero-order valence-electron chi connectivity index (χ0n) is 14.3. The molecule has 146 valence electrons. The molecule has 0 aliphatic rings. The van der Waals surface area contributed by atoms with Crippen LogP contribution in [0.5, 0.6) is 17.2 Å². The summed E-state index contributed by atoms with van der Waals surface area (Å²) in [5.41, 5.74) is 1.38. The van der Waals surface area contributed by atoms with E-state index in [4.69, 9.17) is 9.47 Å². The van der Waals surface area contributed by atoms with Gasteiger partial charge >= 0.3 is 6.61 Å². The minimum absolute atomic E-state index is 0. The number of hydrogen-bond donors (Lipinski definition) is 1. The predicted octanol–water partition coefficient (Wildman–Crippen LogP) is 3.46. The second-order valence-electron chi connectivity index (χ2n) is 5.08. The average molecular weight is 464 g/mol. The number of alkyl halides is 2. The third kappa shape index (κ3) is 4.72. The van der Waals surface area contributed by atoms with E-state index in [-0.39, 0.29) is 33.6 Å². The Morgan fingerprint density at radius 2 is 2.00 bits per heavy atom. The Labute approximate surface area is 166 Å². The minimum Gasteiger partial charge on any atom is -0.493 e. The van der Waals surface area contributed by atoms with Crippen molar-refractivity contribution in [2.75, 3.05) is 14.2 Å². The quantitative estimate of drug-likeness (QED) is 0.577. The van der Waals surface area contributed by atoms with Crippen LogP contribution in [0.15, 0.2) is 35.6 Å². The van der Waals surface area contributed by atoms with Gasteiger partial charge in [0.15, 0.2) is 16.7 Å². The van der Waals surface area contributed by atoms with Gasteiger partial charge in [-0.15, -0.1) is 17.0 Å².